The van der Waals surface area contributed by atoms with Crippen molar-refractivity contribution in [3.63, 3.8) is 0 Å². The molecule has 1 aliphatic rings. The van der Waals surface area contributed by atoms with Crippen molar-refractivity contribution in [3.05, 3.63) is 35.9 Å². The van der Waals surface area contributed by atoms with E-state index in [1.54, 1.807) is 0 Å². The third-order valence-corrected chi connectivity index (χ3v) is 3.43. The first-order valence-corrected chi connectivity index (χ1v) is 6.23. The number of nitrogen functional groups attached to an aromatic ring is 1. The number of hydrogen-bond acceptors (Lipinski definition) is 3. The number of rotatable bonds is 2. The van der Waals surface area contributed by atoms with Crippen molar-refractivity contribution in [2.75, 3.05) is 18.8 Å². The zero-order valence-electron chi connectivity index (χ0n) is 10.1. The molecular weight excluding hydrogens is 229 g/mol. The van der Waals surface area contributed by atoms with Crippen molar-refractivity contribution >= 4 is 16.7 Å². The number of aromatic nitrogens is 1. The predicted octanol–water partition coefficient (Wildman–Crippen LogP) is 2.36. The number of nitrogens with zero attached hydrogens (tertiary/aromatic N) is 2. The molecule has 1 unspecified atom stereocenters. The number of nitrogens with two attached hydrogens (primary N) is 1. The van der Waals surface area contributed by atoms with Crippen LogP contribution in [-0.4, -0.2) is 29.1 Å². The molecule has 1 aliphatic heterocycles. The highest BCUT2D eigenvalue weighted by molar-refractivity contribution is 5.83. The molecule has 18 heavy (non-hydrogen) atoms. The molecule has 1 aromatic carbocycles. The third-order valence-electron chi connectivity index (χ3n) is 3.43. The summed E-state index contributed by atoms with van der Waals surface area (Å²) in [4.78, 5) is 6.44. The number of halogens is 1. The fraction of sp³-hybridized carbons (Fsp3) is 0.357. The van der Waals surface area contributed by atoms with Crippen LogP contribution in [-0.2, 0) is 6.54 Å². The summed E-state index contributed by atoms with van der Waals surface area (Å²) in [5, 5.41) is 1.11. The maximum Gasteiger partial charge on any atom is 0.124 e. The predicted molar refractivity (Wildman–Crippen MR) is 70.9 cm³/mol. The van der Waals surface area contributed by atoms with Gasteiger partial charge in [-0.15, -0.1) is 0 Å². The van der Waals surface area contributed by atoms with Gasteiger partial charge >= 0.3 is 0 Å². The summed E-state index contributed by atoms with van der Waals surface area (Å²) in [5.74, 6) is 0.527. The van der Waals surface area contributed by atoms with Crippen LogP contribution in [0.3, 0.4) is 0 Å². The summed E-state index contributed by atoms with van der Waals surface area (Å²) >= 11 is 0. The van der Waals surface area contributed by atoms with Gasteiger partial charge in [-0.05, 0) is 24.1 Å². The first-order valence-electron chi connectivity index (χ1n) is 6.23. The molecule has 3 nitrogen and oxygen atoms in total. The minimum atomic E-state index is -0.685. The fourth-order valence-electron chi connectivity index (χ4n) is 2.57. The Bertz CT molecular complexity index is 570. The van der Waals surface area contributed by atoms with Gasteiger partial charge < -0.3 is 5.73 Å². The molecule has 0 spiro atoms. The zero-order valence-corrected chi connectivity index (χ0v) is 10.1. The van der Waals surface area contributed by atoms with Crippen LogP contribution in [0.4, 0.5) is 10.2 Å². The van der Waals surface area contributed by atoms with Crippen LogP contribution in [0.1, 0.15) is 12.0 Å². The zero-order chi connectivity index (χ0) is 12.5. The van der Waals surface area contributed by atoms with Gasteiger partial charge in [-0.25, -0.2) is 9.37 Å². The van der Waals surface area contributed by atoms with Gasteiger partial charge in [0.05, 0.1) is 5.52 Å². The van der Waals surface area contributed by atoms with E-state index in [1.807, 2.05) is 30.3 Å². The van der Waals surface area contributed by atoms with Crippen molar-refractivity contribution in [2.24, 2.45) is 0 Å². The van der Waals surface area contributed by atoms with Gasteiger partial charge in [0, 0.05) is 25.0 Å². The average Bonchev–Trinajstić information content (AvgIpc) is 2.74. The molecular formula is C14H16FN3. The quantitative estimate of drug-likeness (QED) is 0.883. The first-order chi connectivity index (χ1) is 8.72. The lowest BCUT2D eigenvalue weighted by Crippen LogP contribution is -2.20. The van der Waals surface area contributed by atoms with E-state index in [9.17, 15) is 4.39 Å². The number of hydrogen-bond donors (Lipinski definition) is 1. The molecule has 1 saturated heterocycles. The number of fused-ring (bicyclic) bond motifs is 1. The number of alkyl halides is 1. The standard InChI is InChI=1S/C14H16FN3/c15-11-5-6-18(9-11)8-10-7-14(16)17-13-4-2-1-3-12(10)13/h1-4,7,11H,5-6,8-9H2,(H2,16,17). The van der Waals surface area contributed by atoms with Gasteiger partial charge in [0.15, 0.2) is 0 Å². The van der Waals surface area contributed by atoms with Crippen LogP contribution in [0.25, 0.3) is 10.9 Å². The van der Waals surface area contributed by atoms with E-state index in [-0.39, 0.29) is 0 Å². The molecule has 1 aromatic heterocycles. The van der Waals surface area contributed by atoms with E-state index < -0.39 is 6.17 Å². The number of anilines is 1. The van der Waals surface area contributed by atoms with Gasteiger partial charge in [0.25, 0.3) is 0 Å². The third kappa shape index (κ3) is 2.16. The Morgan fingerprint density at radius 3 is 3.00 bits per heavy atom. The summed E-state index contributed by atoms with van der Waals surface area (Å²) in [7, 11) is 0. The highest BCUT2D eigenvalue weighted by atomic mass is 19.1. The molecule has 0 saturated carbocycles. The Morgan fingerprint density at radius 2 is 2.22 bits per heavy atom. The summed E-state index contributed by atoms with van der Waals surface area (Å²) < 4.78 is 13.2. The molecule has 0 aliphatic carbocycles. The number of likely N-dealkylation sites (tertiary alicyclic amines) is 1. The van der Waals surface area contributed by atoms with Crippen molar-refractivity contribution in [1.82, 2.24) is 9.88 Å². The number of para-hydroxylation sites is 1. The summed E-state index contributed by atoms with van der Waals surface area (Å²) in [6.45, 7) is 2.09. The average molecular weight is 245 g/mol. The smallest absolute Gasteiger partial charge is 0.124 e. The van der Waals surface area contributed by atoms with Crippen LogP contribution in [0, 0.1) is 0 Å². The topological polar surface area (TPSA) is 42.1 Å². The maximum atomic E-state index is 13.2. The molecule has 2 heterocycles. The van der Waals surface area contributed by atoms with Crippen LogP contribution < -0.4 is 5.73 Å². The second-order valence-corrected chi connectivity index (χ2v) is 4.84. The Kier molecular flexibility index (Phi) is 2.88. The van der Waals surface area contributed by atoms with Gasteiger partial charge in [-0.2, -0.15) is 0 Å². The van der Waals surface area contributed by atoms with E-state index in [2.05, 4.69) is 9.88 Å². The largest absolute Gasteiger partial charge is 0.384 e. The Hall–Kier alpha value is -1.68. The molecule has 1 fully saturated rings. The molecule has 3 rings (SSSR count). The summed E-state index contributed by atoms with van der Waals surface area (Å²) in [6.07, 6.45) is -0.0474. The van der Waals surface area contributed by atoms with Gasteiger partial charge in [0.1, 0.15) is 12.0 Å². The number of benzene rings is 1. The van der Waals surface area contributed by atoms with Gasteiger partial charge in [-0.3, -0.25) is 4.90 Å². The second kappa shape index (κ2) is 4.53. The van der Waals surface area contributed by atoms with Crippen LogP contribution in [0.5, 0.6) is 0 Å². The lowest BCUT2D eigenvalue weighted by molar-refractivity contribution is 0.283. The molecule has 1 atom stereocenters. The lowest BCUT2D eigenvalue weighted by Gasteiger charge is -2.16. The fourth-order valence-corrected chi connectivity index (χ4v) is 2.57. The molecule has 94 valence electrons. The van der Waals surface area contributed by atoms with E-state index >= 15 is 0 Å². The van der Waals surface area contributed by atoms with Crippen molar-refractivity contribution in [3.8, 4) is 0 Å². The highest BCUT2D eigenvalue weighted by Crippen LogP contribution is 2.23. The molecule has 2 N–H and O–H groups in total. The Labute approximate surface area is 105 Å². The molecule has 0 radical (unpaired) electrons. The minimum Gasteiger partial charge on any atom is -0.384 e. The van der Waals surface area contributed by atoms with Gasteiger partial charge in [-0.1, -0.05) is 18.2 Å². The Morgan fingerprint density at radius 1 is 1.39 bits per heavy atom. The van der Waals surface area contributed by atoms with E-state index in [0.717, 1.165) is 29.6 Å². The van der Waals surface area contributed by atoms with E-state index in [0.29, 0.717) is 18.8 Å². The molecule has 0 bridgehead atoms. The van der Waals surface area contributed by atoms with Crippen molar-refractivity contribution in [1.29, 1.82) is 0 Å². The van der Waals surface area contributed by atoms with Crippen LogP contribution in [0.15, 0.2) is 30.3 Å². The first kappa shape index (κ1) is 11.4. The Balaban J connectivity index is 1.95. The van der Waals surface area contributed by atoms with Crippen molar-refractivity contribution in [2.45, 2.75) is 19.1 Å². The van der Waals surface area contributed by atoms with E-state index in [1.165, 1.54) is 0 Å². The SMILES string of the molecule is Nc1cc(CN2CCC(F)C2)c2ccccc2n1. The second-order valence-electron chi connectivity index (χ2n) is 4.84. The summed E-state index contributed by atoms with van der Waals surface area (Å²) in [6, 6.07) is 9.84. The van der Waals surface area contributed by atoms with Crippen LogP contribution in [0.2, 0.25) is 0 Å². The molecule has 0 amide bonds. The van der Waals surface area contributed by atoms with E-state index in [4.69, 9.17) is 5.73 Å². The number of pyridine rings is 1. The minimum absolute atomic E-state index is 0.524. The van der Waals surface area contributed by atoms with Crippen molar-refractivity contribution < 1.29 is 4.39 Å². The highest BCUT2D eigenvalue weighted by Gasteiger charge is 2.22. The van der Waals surface area contributed by atoms with Crippen LogP contribution >= 0.6 is 0 Å². The van der Waals surface area contributed by atoms with Gasteiger partial charge in [0.2, 0.25) is 0 Å². The maximum absolute atomic E-state index is 13.2. The normalized spacial score (nSPS) is 20.6. The monoisotopic (exact) mass is 245 g/mol. The molecule has 2 aromatic rings. The lowest BCUT2D eigenvalue weighted by atomic mass is 10.1. The summed E-state index contributed by atoms with van der Waals surface area (Å²) in [5.41, 5.74) is 7.86. The molecule has 4 heteroatoms.